The van der Waals surface area contributed by atoms with Crippen molar-refractivity contribution in [3.8, 4) is 29.0 Å². The number of rotatable bonds is 6. The van der Waals surface area contributed by atoms with E-state index in [0.29, 0.717) is 36.8 Å². The van der Waals surface area contributed by atoms with E-state index >= 15 is 8.78 Å². The van der Waals surface area contributed by atoms with Gasteiger partial charge in [-0.1, -0.05) is 17.7 Å². The number of nitriles is 1. The van der Waals surface area contributed by atoms with Gasteiger partial charge in [-0.2, -0.15) is 15.2 Å². The van der Waals surface area contributed by atoms with Crippen LogP contribution in [-0.2, 0) is 0 Å². The molecule has 1 aliphatic carbocycles. The van der Waals surface area contributed by atoms with Crippen LogP contribution in [0.5, 0.6) is 11.8 Å². The lowest BCUT2D eigenvalue weighted by Gasteiger charge is -2.32. The molecule has 0 amide bonds. The fourth-order valence-corrected chi connectivity index (χ4v) is 9.82. The minimum Gasteiger partial charge on any atom is -0.489 e. The third-order valence-corrected chi connectivity index (χ3v) is 12.3. The third-order valence-electron chi connectivity index (χ3n) is 10.9. The van der Waals surface area contributed by atoms with Crippen molar-refractivity contribution in [2.45, 2.75) is 62.3 Å². The van der Waals surface area contributed by atoms with Crippen LogP contribution in [-0.4, -0.2) is 89.5 Å². The predicted octanol–water partition coefficient (Wildman–Crippen LogP) is 6.29. The van der Waals surface area contributed by atoms with E-state index in [2.05, 4.69) is 25.8 Å². The van der Waals surface area contributed by atoms with E-state index in [4.69, 9.17) is 31.8 Å². The Bertz CT molecular complexity index is 2040. The molecule has 9 rings (SSSR count). The van der Waals surface area contributed by atoms with Crippen LogP contribution < -0.4 is 20.1 Å². The van der Waals surface area contributed by atoms with Crippen molar-refractivity contribution in [2.24, 2.45) is 0 Å². The SMILES string of the molecule is N#Cc1c(N)sc2c(F)ccc(-c3c(Cl)c4c5c(nc(OC[C@@]67CCCN6C[C@H](F)C7)nc5c3F)N(C3CCN(C5CC5)C3)CCO4)c12. The highest BCUT2D eigenvalue weighted by atomic mass is 35.5. The zero-order valence-electron chi connectivity index (χ0n) is 26.1. The number of anilines is 2. The summed E-state index contributed by atoms with van der Waals surface area (Å²) in [4.78, 5) is 16.4. The molecule has 4 fully saturated rings. The zero-order valence-corrected chi connectivity index (χ0v) is 27.6. The summed E-state index contributed by atoms with van der Waals surface area (Å²) >= 11 is 7.99. The Hall–Kier alpha value is -3.57. The molecule has 0 bridgehead atoms. The molecule has 2 N–H and O–H groups in total. The summed E-state index contributed by atoms with van der Waals surface area (Å²) in [5, 5.41) is 10.6. The van der Waals surface area contributed by atoms with Crippen LogP contribution in [0.3, 0.4) is 0 Å². The number of nitrogen functional groups attached to an aromatic ring is 1. The molecule has 48 heavy (non-hydrogen) atoms. The number of alkyl halides is 1. The molecule has 5 aliphatic rings. The minimum absolute atomic E-state index is 0.00940. The van der Waals surface area contributed by atoms with Crippen LogP contribution in [0.25, 0.3) is 32.1 Å². The summed E-state index contributed by atoms with van der Waals surface area (Å²) in [6.45, 7) is 3.94. The number of hydrogen-bond donors (Lipinski definition) is 1. The van der Waals surface area contributed by atoms with Crippen LogP contribution >= 0.6 is 22.9 Å². The summed E-state index contributed by atoms with van der Waals surface area (Å²) in [5.74, 6) is -0.639. The first-order valence-corrected chi connectivity index (χ1v) is 17.7. The molecule has 3 saturated heterocycles. The monoisotopic (exact) mass is 695 g/mol. The summed E-state index contributed by atoms with van der Waals surface area (Å²) < 4.78 is 59.6. The second-order valence-electron chi connectivity index (χ2n) is 13.7. The highest BCUT2D eigenvalue weighted by Gasteiger charge is 2.49. The molecule has 0 spiro atoms. The number of ether oxygens (including phenoxy) is 2. The third kappa shape index (κ3) is 4.63. The molecule has 6 heterocycles. The number of nitrogens with zero attached hydrogens (tertiary/aromatic N) is 6. The molecule has 2 aromatic heterocycles. The van der Waals surface area contributed by atoms with Gasteiger partial charge in [0.15, 0.2) is 11.6 Å². The summed E-state index contributed by atoms with van der Waals surface area (Å²) in [6.07, 6.45) is 4.53. The first-order chi connectivity index (χ1) is 23.3. The number of hydrogen-bond acceptors (Lipinski definition) is 10. The van der Waals surface area contributed by atoms with Crippen LogP contribution in [0.1, 0.15) is 44.1 Å². The predicted molar refractivity (Wildman–Crippen MR) is 179 cm³/mol. The number of benzene rings is 2. The molecule has 14 heteroatoms. The van der Waals surface area contributed by atoms with Gasteiger partial charge in [0, 0.05) is 49.1 Å². The van der Waals surface area contributed by atoms with E-state index in [1.165, 1.54) is 25.0 Å². The van der Waals surface area contributed by atoms with Gasteiger partial charge in [-0.3, -0.25) is 9.80 Å². The highest BCUT2D eigenvalue weighted by Crippen LogP contribution is 2.51. The van der Waals surface area contributed by atoms with Gasteiger partial charge < -0.3 is 20.1 Å². The topological polar surface area (TPSA) is 104 Å². The quantitative estimate of drug-likeness (QED) is 0.249. The van der Waals surface area contributed by atoms with E-state index in [1.807, 2.05) is 0 Å². The molecule has 4 aromatic rings. The number of likely N-dealkylation sites (tertiary alicyclic amines) is 1. The maximum absolute atomic E-state index is 17.2. The summed E-state index contributed by atoms with van der Waals surface area (Å²) in [7, 11) is 0. The molecule has 1 unspecified atom stereocenters. The normalized spacial score (nSPS) is 25.9. The largest absolute Gasteiger partial charge is 0.489 e. The van der Waals surface area contributed by atoms with Crippen molar-refractivity contribution in [2.75, 3.05) is 56.6 Å². The molecule has 3 atom stereocenters. The fourth-order valence-electron chi connectivity index (χ4n) is 8.54. The number of aromatic nitrogens is 2. The molecule has 1 saturated carbocycles. The van der Waals surface area contributed by atoms with E-state index in [1.54, 1.807) is 0 Å². The van der Waals surface area contributed by atoms with E-state index in [9.17, 15) is 9.65 Å². The maximum Gasteiger partial charge on any atom is 0.319 e. The average molecular weight is 696 g/mol. The van der Waals surface area contributed by atoms with Gasteiger partial charge in [0.1, 0.15) is 47.6 Å². The lowest BCUT2D eigenvalue weighted by Crippen LogP contribution is -2.43. The van der Waals surface area contributed by atoms with Crippen LogP contribution in [0, 0.1) is 23.0 Å². The zero-order chi connectivity index (χ0) is 32.9. The standard InChI is InChI=1S/C34H33ClF3N7O2S/c35-26-24(20-4-5-22(37)30-23(20)21(13-39)31(40)48-30)27(38)28-25-29(26)46-11-10-45(19-6-9-43(15-19)18-2-3-18)32(25)42-33(41-28)47-16-34-7-1-8-44(34)14-17(36)12-34/h4-5,17-19H,1-3,6-12,14-16,40H2/t17-,19?,34+/m1/s1. The van der Waals surface area contributed by atoms with Gasteiger partial charge in [-0.05, 0) is 50.3 Å². The van der Waals surface area contributed by atoms with Gasteiger partial charge in [0.05, 0.1) is 32.8 Å². The summed E-state index contributed by atoms with van der Waals surface area (Å²) in [6, 6.07) is 5.39. The minimum atomic E-state index is -0.929. The molecular weight excluding hydrogens is 663 g/mol. The molecule has 2 aromatic carbocycles. The maximum atomic E-state index is 17.2. The Morgan fingerprint density at radius 3 is 2.79 bits per heavy atom. The van der Waals surface area contributed by atoms with Crippen LogP contribution in [0.4, 0.5) is 24.0 Å². The smallest absolute Gasteiger partial charge is 0.319 e. The Kier molecular flexibility index (Phi) is 7.13. The van der Waals surface area contributed by atoms with Crippen LogP contribution in [0.15, 0.2) is 12.1 Å². The molecule has 0 radical (unpaired) electrons. The van der Waals surface area contributed by atoms with Gasteiger partial charge in [-0.15, -0.1) is 11.3 Å². The number of thiophene rings is 1. The van der Waals surface area contributed by atoms with Crippen molar-refractivity contribution in [1.29, 1.82) is 5.26 Å². The first kappa shape index (κ1) is 30.5. The van der Waals surface area contributed by atoms with Gasteiger partial charge in [-0.25, -0.2) is 13.2 Å². The summed E-state index contributed by atoms with van der Waals surface area (Å²) in [5.41, 5.74) is 5.80. The van der Waals surface area contributed by atoms with Crippen molar-refractivity contribution in [1.82, 2.24) is 19.8 Å². The molecule has 250 valence electrons. The van der Waals surface area contributed by atoms with E-state index < -0.39 is 23.3 Å². The highest BCUT2D eigenvalue weighted by molar-refractivity contribution is 7.23. The average Bonchev–Trinajstić information content (AvgIpc) is 3.42. The number of nitrogens with two attached hydrogens (primary N) is 1. The van der Waals surface area contributed by atoms with E-state index in [-0.39, 0.29) is 73.3 Å². The van der Waals surface area contributed by atoms with Crippen LogP contribution in [0.2, 0.25) is 5.02 Å². The molecule has 9 nitrogen and oxygen atoms in total. The number of fused-ring (bicyclic) bond motifs is 2. The van der Waals surface area contributed by atoms with Crippen molar-refractivity contribution >= 4 is 54.7 Å². The molecular formula is C34H33ClF3N7O2S. The Morgan fingerprint density at radius 2 is 1.98 bits per heavy atom. The lowest BCUT2D eigenvalue weighted by molar-refractivity contribution is 0.107. The van der Waals surface area contributed by atoms with Crippen molar-refractivity contribution in [3.63, 3.8) is 0 Å². The Balaban J connectivity index is 1.23. The van der Waals surface area contributed by atoms with Gasteiger partial charge in [0.25, 0.3) is 0 Å². The van der Waals surface area contributed by atoms with E-state index in [0.717, 1.165) is 50.2 Å². The van der Waals surface area contributed by atoms with Crippen molar-refractivity contribution < 1.29 is 22.6 Å². The fraction of sp³-hybridized carbons (Fsp3) is 0.500. The number of halogens is 4. The van der Waals surface area contributed by atoms with Gasteiger partial charge in [0.2, 0.25) is 0 Å². The van der Waals surface area contributed by atoms with Crippen molar-refractivity contribution in [3.05, 3.63) is 34.4 Å². The lowest BCUT2D eigenvalue weighted by atomic mass is 9.95. The molecule has 4 aliphatic heterocycles. The Labute approximate surface area is 284 Å². The van der Waals surface area contributed by atoms with Gasteiger partial charge >= 0.3 is 6.01 Å². The second kappa shape index (κ2) is 11.2. The first-order valence-electron chi connectivity index (χ1n) is 16.6. The Morgan fingerprint density at radius 1 is 1.12 bits per heavy atom. The second-order valence-corrected chi connectivity index (χ2v) is 15.1.